The lowest BCUT2D eigenvalue weighted by Crippen LogP contribution is -2.21. The first kappa shape index (κ1) is 22.1. The molecule has 2 N–H and O–H groups in total. The quantitative estimate of drug-likeness (QED) is 0.492. The fraction of sp³-hybridized carbons (Fsp3) is 0.519. The van der Waals surface area contributed by atoms with Crippen molar-refractivity contribution in [3.8, 4) is 0 Å². The van der Waals surface area contributed by atoms with Crippen LogP contribution in [0.3, 0.4) is 0 Å². The third-order valence-electron chi connectivity index (χ3n) is 7.34. The molecular weight excluding hydrogens is 412 g/mol. The van der Waals surface area contributed by atoms with Crippen LogP contribution in [0.2, 0.25) is 0 Å². The number of benzene rings is 1. The molecule has 2 aliphatic rings. The molecule has 1 amide bonds. The van der Waals surface area contributed by atoms with Gasteiger partial charge in [0.05, 0.1) is 17.2 Å². The number of pyridine rings is 1. The van der Waals surface area contributed by atoms with E-state index in [1.807, 2.05) is 24.3 Å². The van der Waals surface area contributed by atoms with Gasteiger partial charge in [0.1, 0.15) is 5.69 Å². The van der Waals surface area contributed by atoms with Crippen LogP contribution in [0.5, 0.6) is 0 Å². The van der Waals surface area contributed by atoms with Gasteiger partial charge in [0.25, 0.3) is 5.91 Å². The Hall–Kier alpha value is -2.73. The Balaban J connectivity index is 1.44. The molecule has 0 unspecified atom stereocenters. The highest BCUT2D eigenvalue weighted by Gasteiger charge is 2.27. The highest BCUT2D eigenvalue weighted by atomic mass is 16.3. The summed E-state index contributed by atoms with van der Waals surface area (Å²) in [4.78, 5) is 17.6. The molecule has 2 saturated carbocycles. The van der Waals surface area contributed by atoms with Crippen LogP contribution in [0.4, 0.5) is 5.69 Å². The molecule has 174 valence electrons. The number of rotatable bonds is 6. The minimum atomic E-state index is -1.12. The first-order valence-corrected chi connectivity index (χ1v) is 12.4. The molecule has 0 spiro atoms. The predicted molar refractivity (Wildman–Crippen MR) is 130 cm³/mol. The molecule has 6 heteroatoms. The highest BCUT2D eigenvalue weighted by Crippen LogP contribution is 2.39. The Labute approximate surface area is 195 Å². The smallest absolute Gasteiger partial charge is 0.274 e. The molecule has 5 rings (SSSR count). The van der Waals surface area contributed by atoms with Gasteiger partial charge in [-0.25, -0.2) is 4.98 Å². The molecule has 6 nitrogen and oxygen atoms in total. The van der Waals surface area contributed by atoms with E-state index in [1.165, 1.54) is 19.3 Å². The second-order valence-corrected chi connectivity index (χ2v) is 10.4. The summed E-state index contributed by atoms with van der Waals surface area (Å²) in [7, 11) is 0. The van der Waals surface area contributed by atoms with E-state index in [0.717, 1.165) is 48.2 Å². The molecule has 0 atom stereocenters. The van der Waals surface area contributed by atoms with Gasteiger partial charge in [-0.15, -0.1) is 0 Å². The van der Waals surface area contributed by atoms with E-state index in [4.69, 9.17) is 5.10 Å². The van der Waals surface area contributed by atoms with Crippen LogP contribution >= 0.6 is 0 Å². The number of nitrogens with zero attached hydrogens (tertiary/aromatic N) is 3. The normalized spacial score (nSPS) is 21.3. The molecule has 0 saturated heterocycles. The van der Waals surface area contributed by atoms with Crippen LogP contribution in [0.25, 0.3) is 10.9 Å². The Morgan fingerprint density at radius 2 is 1.91 bits per heavy atom. The molecule has 0 radical (unpaired) electrons. The molecule has 33 heavy (non-hydrogen) atoms. The summed E-state index contributed by atoms with van der Waals surface area (Å²) in [5.41, 5.74) is 2.37. The van der Waals surface area contributed by atoms with Crippen molar-refractivity contribution in [3.05, 3.63) is 53.5 Å². The van der Waals surface area contributed by atoms with E-state index in [0.29, 0.717) is 28.9 Å². The van der Waals surface area contributed by atoms with Crippen LogP contribution in [0.15, 0.2) is 36.5 Å². The number of carbonyl (C=O) groups is 1. The zero-order valence-electron chi connectivity index (χ0n) is 19.8. The van der Waals surface area contributed by atoms with Gasteiger partial charge in [-0.2, -0.15) is 5.10 Å². The van der Waals surface area contributed by atoms with Gasteiger partial charge in [-0.1, -0.05) is 19.4 Å². The number of amides is 1. The van der Waals surface area contributed by atoms with E-state index in [9.17, 15) is 9.90 Å². The third kappa shape index (κ3) is 4.67. The van der Waals surface area contributed by atoms with Gasteiger partial charge in [0, 0.05) is 34.4 Å². The van der Waals surface area contributed by atoms with Crippen LogP contribution in [0, 0.1) is 5.92 Å². The molecular formula is C27H34N4O2. The summed E-state index contributed by atoms with van der Waals surface area (Å²) in [6, 6.07) is 9.89. The molecule has 1 aromatic carbocycles. The number of nitrogens with one attached hydrogen (secondary N) is 1. The van der Waals surface area contributed by atoms with E-state index in [1.54, 1.807) is 19.9 Å². The number of aromatic nitrogens is 3. The topological polar surface area (TPSA) is 80.0 Å². The lowest BCUT2D eigenvalue weighted by molar-refractivity contribution is 0.0793. The second kappa shape index (κ2) is 8.56. The van der Waals surface area contributed by atoms with Crippen molar-refractivity contribution in [2.45, 2.75) is 83.3 Å². The monoisotopic (exact) mass is 446 g/mol. The van der Waals surface area contributed by atoms with Gasteiger partial charge < -0.3 is 10.4 Å². The molecule has 2 aromatic heterocycles. The number of hydrogen-bond donors (Lipinski definition) is 2. The largest absolute Gasteiger partial charge is 0.386 e. The fourth-order valence-electron chi connectivity index (χ4n) is 5.08. The van der Waals surface area contributed by atoms with Crippen molar-refractivity contribution >= 4 is 22.5 Å². The molecule has 2 heterocycles. The van der Waals surface area contributed by atoms with Gasteiger partial charge in [-0.3, -0.25) is 9.48 Å². The summed E-state index contributed by atoms with van der Waals surface area (Å²) in [6.07, 6.45) is 10.4. The molecule has 0 aliphatic heterocycles. The highest BCUT2D eigenvalue weighted by molar-refractivity contribution is 6.04. The van der Waals surface area contributed by atoms with Crippen LogP contribution in [-0.4, -0.2) is 25.8 Å². The lowest BCUT2D eigenvalue weighted by atomic mass is 9.85. The molecule has 2 aliphatic carbocycles. The van der Waals surface area contributed by atoms with Crippen molar-refractivity contribution in [3.63, 3.8) is 0 Å². The summed E-state index contributed by atoms with van der Waals surface area (Å²) in [5.74, 6) is 1.06. The number of hydrogen-bond acceptors (Lipinski definition) is 4. The SMILES string of the molecule is CCC1CCC(n2cc3cc(NC(=O)c4cccc(C5CC5)n4)c(C(C)(C)O)cc3n2)CC1. The van der Waals surface area contributed by atoms with E-state index >= 15 is 0 Å². The van der Waals surface area contributed by atoms with Gasteiger partial charge in [0.15, 0.2) is 0 Å². The van der Waals surface area contributed by atoms with Crippen molar-refractivity contribution in [1.82, 2.24) is 14.8 Å². The first-order chi connectivity index (χ1) is 15.8. The standard InChI is InChI=1S/C27H34N4O2/c1-4-17-8-12-20(13-9-17)31-16-19-14-25(21(27(2,3)33)15-24(19)30-31)29-26(32)23-7-5-6-22(28-23)18-10-11-18/h5-7,14-18,20,33H,4,8-13H2,1-3H3,(H,29,32). The fourth-order valence-corrected chi connectivity index (χ4v) is 5.08. The molecule has 3 aromatic rings. The van der Waals surface area contributed by atoms with Crippen LogP contribution in [-0.2, 0) is 5.60 Å². The van der Waals surface area contributed by atoms with Crippen molar-refractivity contribution in [2.75, 3.05) is 5.32 Å². The van der Waals surface area contributed by atoms with Crippen LogP contribution < -0.4 is 5.32 Å². The summed E-state index contributed by atoms with van der Waals surface area (Å²) in [6.45, 7) is 5.75. The molecule has 0 bridgehead atoms. The minimum absolute atomic E-state index is 0.257. The number of anilines is 1. The average Bonchev–Trinajstić information content (AvgIpc) is 3.57. The van der Waals surface area contributed by atoms with E-state index in [-0.39, 0.29) is 5.91 Å². The zero-order valence-corrected chi connectivity index (χ0v) is 19.8. The number of aliphatic hydroxyl groups is 1. The first-order valence-electron chi connectivity index (χ1n) is 12.4. The summed E-state index contributed by atoms with van der Waals surface area (Å²) < 4.78 is 2.09. The average molecular weight is 447 g/mol. The van der Waals surface area contributed by atoms with E-state index < -0.39 is 5.60 Å². The Morgan fingerprint density at radius 1 is 1.15 bits per heavy atom. The van der Waals surface area contributed by atoms with Crippen molar-refractivity contribution < 1.29 is 9.90 Å². The lowest BCUT2D eigenvalue weighted by Gasteiger charge is -2.27. The van der Waals surface area contributed by atoms with Crippen molar-refractivity contribution in [1.29, 1.82) is 0 Å². The van der Waals surface area contributed by atoms with Gasteiger partial charge >= 0.3 is 0 Å². The van der Waals surface area contributed by atoms with Gasteiger partial charge in [0.2, 0.25) is 0 Å². The van der Waals surface area contributed by atoms with Gasteiger partial charge in [-0.05, 0) is 82.6 Å². The third-order valence-corrected chi connectivity index (χ3v) is 7.34. The molecule has 2 fully saturated rings. The summed E-state index contributed by atoms with van der Waals surface area (Å²) in [5, 5.41) is 19.7. The predicted octanol–water partition coefficient (Wildman–Crippen LogP) is 5.93. The number of fused-ring (bicyclic) bond motifs is 1. The maximum atomic E-state index is 13.1. The maximum Gasteiger partial charge on any atom is 0.274 e. The zero-order chi connectivity index (χ0) is 23.2. The Kier molecular flexibility index (Phi) is 5.73. The maximum absolute atomic E-state index is 13.1. The van der Waals surface area contributed by atoms with E-state index in [2.05, 4.69) is 28.1 Å². The van der Waals surface area contributed by atoms with Crippen LogP contribution in [0.1, 0.15) is 99.4 Å². The summed E-state index contributed by atoms with van der Waals surface area (Å²) >= 11 is 0. The number of carbonyl (C=O) groups excluding carboxylic acids is 1. The minimum Gasteiger partial charge on any atom is -0.386 e. The van der Waals surface area contributed by atoms with Crippen molar-refractivity contribution in [2.24, 2.45) is 5.92 Å². The Bertz CT molecular complexity index is 1160. The second-order valence-electron chi connectivity index (χ2n) is 10.4. The Morgan fingerprint density at radius 3 is 2.58 bits per heavy atom.